The van der Waals surface area contributed by atoms with Crippen LogP contribution in [0.1, 0.15) is 30.1 Å². The van der Waals surface area contributed by atoms with Crippen LogP contribution in [0.2, 0.25) is 0 Å². The average Bonchev–Trinajstić information content (AvgIpc) is 2.85. The molecule has 0 radical (unpaired) electrons. The van der Waals surface area contributed by atoms with Gasteiger partial charge in [0.05, 0.1) is 24.7 Å². The van der Waals surface area contributed by atoms with Crippen molar-refractivity contribution in [3.63, 3.8) is 0 Å². The number of nitrogens with zero attached hydrogens (tertiary/aromatic N) is 1. The molecule has 37 heavy (non-hydrogen) atoms. The summed E-state index contributed by atoms with van der Waals surface area (Å²) in [6.45, 7) is 2.27. The number of aromatic carboxylic acids is 1. The van der Waals surface area contributed by atoms with Gasteiger partial charge in [-0.1, -0.05) is 13.3 Å². The van der Waals surface area contributed by atoms with E-state index in [4.69, 9.17) is 9.47 Å². The standard InChI is InChI=1S/C24H25NO10S2/c1-4-5-10-25-18(15-6-8-20(34-2)22(13-15)36(28,29)30)11-17(24(26)27)12-19(25)16-7-9-21(35-3)23(14-16)37(31,32)33/h6-9,11-14H,4-5,10H2,1-3H3,(H2-,26,27,28,29,30,31,32,33). The second-order valence-corrected chi connectivity index (χ2v) is 10.7. The number of carbonyl (C=O) groups is 1. The lowest BCUT2D eigenvalue weighted by Gasteiger charge is -2.15. The molecule has 0 atom stereocenters. The Labute approximate surface area is 214 Å². The van der Waals surface area contributed by atoms with Gasteiger partial charge < -0.3 is 19.1 Å². The normalized spacial score (nSPS) is 11.8. The predicted octanol–water partition coefficient (Wildman–Crippen LogP) is 2.97. The zero-order chi connectivity index (χ0) is 27.5. The Balaban J connectivity index is 2.43. The van der Waals surface area contributed by atoms with Crippen LogP contribution in [0.15, 0.2) is 58.3 Å². The molecule has 2 N–H and O–H groups in total. The number of pyridine rings is 1. The quantitative estimate of drug-likeness (QED) is 0.282. The maximum Gasteiger partial charge on any atom is 0.336 e. The van der Waals surface area contributed by atoms with Crippen LogP contribution in [-0.2, 0) is 26.8 Å². The second-order valence-electron chi connectivity index (χ2n) is 7.99. The fourth-order valence-corrected chi connectivity index (χ4v) is 5.20. The summed E-state index contributed by atoms with van der Waals surface area (Å²) in [6.07, 6.45) is 1.37. The molecule has 0 saturated carbocycles. The van der Waals surface area contributed by atoms with Gasteiger partial charge in [0.1, 0.15) is 33.1 Å². The molecule has 2 aromatic carbocycles. The van der Waals surface area contributed by atoms with Gasteiger partial charge in [-0.15, -0.1) is 0 Å². The van der Waals surface area contributed by atoms with E-state index in [1.807, 2.05) is 6.92 Å². The number of unbranched alkanes of at least 4 members (excludes halogenated alkanes) is 1. The minimum absolute atomic E-state index is 0.110. The Morgan fingerprint density at radius 3 is 1.78 bits per heavy atom. The van der Waals surface area contributed by atoms with E-state index in [9.17, 15) is 35.8 Å². The lowest BCUT2D eigenvalue weighted by Crippen LogP contribution is -2.39. The highest BCUT2D eigenvalue weighted by molar-refractivity contribution is 7.86. The Kier molecular flexibility index (Phi) is 8.22. The van der Waals surface area contributed by atoms with Crippen LogP contribution < -0.4 is 14.0 Å². The molecule has 0 aliphatic rings. The van der Waals surface area contributed by atoms with Crippen LogP contribution in [0.5, 0.6) is 11.5 Å². The van der Waals surface area contributed by atoms with Crippen molar-refractivity contribution in [2.75, 3.05) is 14.2 Å². The van der Waals surface area contributed by atoms with Gasteiger partial charge in [0.15, 0.2) is 0 Å². The molecule has 0 spiro atoms. The van der Waals surface area contributed by atoms with E-state index >= 15 is 0 Å². The van der Waals surface area contributed by atoms with Gasteiger partial charge >= 0.3 is 5.97 Å². The van der Waals surface area contributed by atoms with Gasteiger partial charge in [-0.2, -0.15) is 13.0 Å². The number of rotatable bonds is 10. The average molecular weight is 552 g/mol. The third-order valence-electron chi connectivity index (χ3n) is 5.61. The first-order valence-corrected chi connectivity index (χ1v) is 13.8. The maximum absolute atomic E-state index is 12.0. The Morgan fingerprint density at radius 2 is 1.38 bits per heavy atom. The Morgan fingerprint density at radius 1 is 0.892 bits per heavy atom. The van der Waals surface area contributed by atoms with E-state index in [1.54, 1.807) is 4.57 Å². The summed E-state index contributed by atoms with van der Waals surface area (Å²) >= 11 is 0. The van der Waals surface area contributed by atoms with E-state index < -0.39 is 36.0 Å². The highest BCUT2D eigenvalue weighted by Gasteiger charge is 2.27. The molecule has 0 unspecified atom stereocenters. The number of ether oxygens (including phenoxy) is 2. The topological polar surface area (TPSA) is 171 Å². The summed E-state index contributed by atoms with van der Waals surface area (Å²) in [4.78, 5) is 10.9. The summed E-state index contributed by atoms with van der Waals surface area (Å²) in [7, 11) is -7.17. The van der Waals surface area contributed by atoms with E-state index in [2.05, 4.69) is 0 Å². The summed E-state index contributed by atoms with van der Waals surface area (Å²) < 4.78 is 81.1. The van der Waals surface area contributed by atoms with Crippen LogP contribution in [0.4, 0.5) is 0 Å². The zero-order valence-corrected chi connectivity index (χ0v) is 21.8. The molecule has 0 bridgehead atoms. The van der Waals surface area contributed by atoms with Crippen molar-refractivity contribution in [1.82, 2.24) is 0 Å². The number of carboxylic acids is 1. The number of hydrogen-bond acceptors (Lipinski definition) is 8. The second kappa shape index (κ2) is 10.8. The van der Waals surface area contributed by atoms with E-state index in [0.29, 0.717) is 13.0 Å². The smallest absolute Gasteiger partial charge is 0.336 e. The van der Waals surface area contributed by atoms with Gasteiger partial charge in [-0.05, 0) is 36.4 Å². The fourth-order valence-electron chi connectivity index (χ4n) is 3.85. The number of carboxylic acid groups (broad SMARTS) is 1. The lowest BCUT2D eigenvalue weighted by atomic mass is 10.0. The number of aromatic nitrogens is 1. The van der Waals surface area contributed by atoms with Crippen molar-refractivity contribution in [3.05, 3.63) is 54.1 Å². The molecule has 0 aliphatic carbocycles. The fraction of sp³-hybridized carbons (Fsp3) is 0.250. The first-order chi connectivity index (χ1) is 17.3. The third kappa shape index (κ3) is 6.07. The number of hydrogen-bond donors (Lipinski definition) is 2. The Bertz CT molecular complexity index is 1460. The van der Waals surface area contributed by atoms with Gasteiger partial charge in [-0.3, -0.25) is 4.55 Å². The first kappa shape index (κ1) is 28.1. The molecule has 1 heterocycles. The summed E-state index contributed by atoms with van der Waals surface area (Å²) in [5.41, 5.74) is 0.834. The summed E-state index contributed by atoms with van der Waals surface area (Å²) in [5, 5.41) is 9.80. The van der Waals surface area contributed by atoms with Gasteiger partial charge in [0, 0.05) is 29.7 Å². The van der Waals surface area contributed by atoms with E-state index in [0.717, 1.165) is 18.6 Å². The monoisotopic (exact) mass is 551 g/mol. The lowest BCUT2D eigenvalue weighted by molar-refractivity contribution is -0.676. The molecule has 13 heteroatoms. The number of benzene rings is 2. The van der Waals surface area contributed by atoms with Crippen molar-refractivity contribution in [3.8, 4) is 34.0 Å². The first-order valence-electron chi connectivity index (χ1n) is 10.9. The van der Waals surface area contributed by atoms with Crippen LogP contribution in [-0.4, -0.2) is 51.2 Å². The van der Waals surface area contributed by atoms with Crippen LogP contribution >= 0.6 is 0 Å². The molecule has 0 saturated heterocycles. The molecule has 3 rings (SSSR count). The van der Waals surface area contributed by atoms with Gasteiger partial charge in [-0.25, -0.2) is 13.2 Å². The van der Waals surface area contributed by atoms with Crippen molar-refractivity contribution in [2.45, 2.75) is 36.1 Å². The highest BCUT2D eigenvalue weighted by atomic mass is 32.2. The van der Waals surface area contributed by atoms with E-state index in [-0.39, 0.29) is 39.6 Å². The number of methoxy groups -OCH3 is 2. The zero-order valence-electron chi connectivity index (χ0n) is 20.2. The molecule has 0 aliphatic heterocycles. The van der Waals surface area contributed by atoms with Crippen LogP contribution in [0.3, 0.4) is 0 Å². The summed E-state index contributed by atoms with van der Waals surface area (Å²) in [6, 6.07) is 10.5. The van der Waals surface area contributed by atoms with Crippen molar-refractivity contribution >= 4 is 26.2 Å². The van der Waals surface area contributed by atoms with Crippen LogP contribution in [0, 0.1) is 0 Å². The third-order valence-corrected chi connectivity index (χ3v) is 7.35. The maximum atomic E-state index is 12.0. The predicted molar refractivity (Wildman–Crippen MR) is 130 cm³/mol. The minimum Gasteiger partial charge on any atom is -0.744 e. The van der Waals surface area contributed by atoms with Crippen LogP contribution in [0.25, 0.3) is 22.5 Å². The molecule has 0 amide bonds. The molecule has 198 valence electrons. The molecule has 11 nitrogen and oxygen atoms in total. The Hall–Kier alpha value is -3.52. The van der Waals surface area contributed by atoms with Crippen molar-refractivity contribution < 1.29 is 49.9 Å². The largest absolute Gasteiger partial charge is 0.744 e. The van der Waals surface area contributed by atoms with Gasteiger partial charge in [0.2, 0.25) is 11.4 Å². The molecule has 3 aromatic rings. The minimum atomic E-state index is -4.93. The molecule has 0 fully saturated rings. The highest BCUT2D eigenvalue weighted by Crippen LogP contribution is 2.33. The van der Waals surface area contributed by atoms with Crippen molar-refractivity contribution in [2.24, 2.45) is 0 Å². The molecular formula is C24H25NO10S2. The van der Waals surface area contributed by atoms with Gasteiger partial charge in [0.25, 0.3) is 10.1 Å². The van der Waals surface area contributed by atoms with E-state index in [1.165, 1.54) is 50.6 Å². The molecule has 1 aromatic heterocycles. The van der Waals surface area contributed by atoms with Crippen molar-refractivity contribution in [1.29, 1.82) is 0 Å². The SMILES string of the molecule is CCCC[n+]1c(-c2ccc(OC)c(S(=O)(=O)[O-])c2)cc(C(=O)O)cc1-c1ccc(OC)c(S(=O)(=O)O)c1. The summed E-state index contributed by atoms with van der Waals surface area (Å²) in [5.74, 6) is -1.57. The molecular weight excluding hydrogens is 526 g/mol.